The lowest BCUT2D eigenvalue weighted by Gasteiger charge is -2.06. The van der Waals surface area contributed by atoms with Crippen LogP contribution < -0.4 is 10.6 Å². The van der Waals surface area contributed by atoms with Gasteiger partial charge in [-0.05, 0) is 26.3 Å². The summed E-state index contributed by atoms with van der Waals surface area (Å²) in [5, 5.41) is 5.87. The van der Waals surface area contributed by atoms with Gasteiger partial charge in [0.2, 0.25) is 11.9 Å². The number of carbonyl (C=O) groups is 1. The van der Waals surface area contributed by atoms with E-state index in [-0.39, 0.29) is 5.91 Å². The molecule has 94 valence electrons. The highest BCUT2D eigenvalue weighted by atomic mass is 16.1. The van der Waals surface area contributed by atoms with E-state index in [4.69, 9.17) is 0 Å². The molecular formula is C12H20N4O. The maximum atomic E-state index is 11.3. The van der Waals surface area contributed by atoms with Crippen molar-refractivity contribution in [2.75, 3.05) is 18.4 Å². The summed E-state index contributed by atoms with van der Waals surface area (Å²) in [6.07, 6.45) is 1.40. The Balaban J connectivity index is 2.33. The number of hydrogen-bond donors (Lipinski definition) is 2. The number of aromatic nitrogens is 2. The molecular weight excluding hydrogens is 216 g/mol. The summed E-state index contributed by atoms with van der Waals surface area (Å²) in [6.45, 7) is 7.17. The smallest absolute Gasteiger partial charge is 0.223 e. The van der Waals surface area contributed by atoms with Crippen molar-refractivity contribution in [3.05, 3.63) is 17.5 Å². The molecule has 0 aliphatic rings. The minimum atomic E-state index is 0.0590. The first-order chi connectivity index (χ1) is 8.11. The minimum Gasteiger partial charge on any atom is -0.356 e. The number of anilines is 1. The van der Waals surface area contributed by atoms with Gasteiger partial charge in [0.1, 0.15) is 0 Å². The van der Waals surface area contributed by atoms with Gasteiger partial charge in [-0.15, -0.1) is 0 Å². The maximum absolute atomic E-state index is 11.3. The van der Waals surface area contributed by atoms with Crippen LogP contribution in [0.25, 0.3) is 0 Å². The second-order valence-corrected chi connectivity index (χ2v) is 4.00. The Kier molecular flexibility index (Phi) is 5.39. The van der Waals surface area contributed by atoms with Crippen molar-refractivity contribution >= 4 is 11.9 Å². The summed E-state index contributed by atoms with van der Waals surface area (Å²) >= 11 is 0. The van der Waals surface area contributed by atoms with Gasteiger partial charge in [0.25, 0.3) is 0 Å². The van der Waals surface area contributed by atoms with Crippen molar-refractivity contribution < 1.29 is 4.79 Å². The van der Waals surface area contributed by atoms with Gasteiger partial charge in [0.05, 0.1) is 0 Å². The normalized spacial score (nSPS) is 10.1. The summed E-state index contributed by atoms with van der Waals surface area (Å²) < 4.78 is 0. The molecule has 5 heteroatoms. The Bertz CT molecular complexity index is 359. The minimum absolute atomic E-state index is 0.0590. The van der Waals surface area contributed by atoms with Crippen LogP contribution in [0.4, 0.5) is 5.95 Å². The topological polar surface area (TPSA) is 66.9 Å². The van der Waals surface area contributed by atoms with Crippen molar-refractivity contribution in [3.63, 3.8) is 0 Å². The van der Waals surface area contributed by atoms with Crippen LogP contribution in [0.1, 0.15) is 31.2 Å². The molecule has 0 spiro atoms. The Morgan fingerprint density at radius 1 is 1.24 bits per heavy atom. The second-order valence-electron chi connectivity index (χ2n) is 4.00. The van der Waals surface area contributed by atoms with E-state index < -0.39 is 0 Å². The SMILES string of the molecule is CCCNC(=O)CCNc1nc(C)cc(C)n1. The van der Waals surface area contributed by atoms with E-state index >= 15 is 0 Å². The zero-order valence-corrected chi connectivity index (χ0v) is 10.7. The molecule has 0 aliphatic carbocycles. The molecule has 1 heterocycles. The van der Waals surface area contributed by atoms with Crippen molar-refractivity contribution in [1.82, 2.24) is 15.3 Å². The van der Waals surface area contributed by atoms with E-state index in [1.54, 1.807) is 0 Å². The van der Waals surface area contributed by atoms with Crippen molar-refractivity contribution in [3.8, 4) is 0 Å². The third-order valence-corrected chi connectivity index (χ3v) is 2.19. The molecule has 0 aromatic carbocycles. The fourth-order valence-electron chi connectivity index (χ4n) is 1.45. The molecule has 0 unspecified atom stereocenters. The molecule has 1 amide bonds. The van der Waals surface area contributed by atoms with Crippen LogP contribution in [0.3, 0.4) is 0 Å². The molecule has 5 nitrogen and oxygen atoms in total. The first kappa shape index (κ1) is 13.4. The van der Waals surface area contributed by atoms with Gasteiger partial charge in [0.15, 0.2) is 0 Å². The molecule has 0 saturated heterocycles. The van der Waals surface area contributed by atoms with Gasteiger partial charge in [-0.2, -0.15) is 0 Å². The Labute approximate surface area is 102 Å². The van der Waals surface area contributed by atoms with Gasteiger partial charge < -0.3 is 10.6 Å². The van der Waals surface area contributed by atoms with Crippen LogP contribution in [0.2, 0.25) is 0 Å². The van der Waals surface area contributed by atoms with Crippen molar-refractivity contribution in [2.45, 2.75) is 33.6 Å². The Morgan fingerprint density at radius 2 is 1.88 bits per heavy atom. The lowest BCUT2D eigenvalue weighted by atomic mass is 10.3. The fourth-order valence-corrected chi connectivity index (χ4v) is 1.45. The highest BCUT2D eigenvalue weighted by Gasteiger charge is 2.02. The summed E-state index contributed by atoms with van der Waals surface area (Å²) in [6, 6.07) is 1.92. The molecule has 0 aliphatic heterocycles. The predicted molar refractivity (Wildman–Crippen MR) is 67.9 cm³/mol. The molecule has 1 rings (SSSR count). The van der Waals surface area contributed by atoms with Gasteiger partial charge in [-0.1, -0.05) is 6.92 Å². The van der Waals surface area contributed by atoms with Gasteiger partial charge in [-0.25, -0.2) is 9.97 Å². The van der Waals surface area contributed by atoms with E-state index in [9.17, 15) is 4.79 Å². The molecule has 17 heavy (non-hydrogen) atoms. The third-order valence-electron chi connectivity index (χ3n) is 2.19. The Hall–Kier alpha value is -1.65. The summed E-state index contributed by atoms with van der Waals surface area (Å²) in [5.74, 6) is 0.648. The quantitative estimate of drug-likeness (QED) is 0.784. The van der Waals surface area contributed by atoms with Crippen LogP contribution in [-0.4, -0.2) is 29.0 Å². The van der Waals surface area contributed by atoms with Gasteiger partial charge in [-0.3, -0.25) is 4.79 Å². The van der Waals surface area contributed by atoms with Crippen LogP contribution in [-0.2, 0) is 4.79 Å². The first-order valence-corrected chi connectivity index (χ1v) is 5.94. The standard InChI is InChI=1S/C12H20N4O/c1-4-6-13-11(17)5-7-14-12-15-9(2)8-10(3)16-12/h8H,4-7H2,1-3H3,(H,13,17)(H,14,15,16). The lowest BCUT2D eigenvalue weighted by molar-refractivity contribution is -0.120. The van der Waals surface area contributed by atoms with Gasteiger partial charge >= 0.3 is 0 Å². The third kappa shape index (κ3) is 5.29. The molecule has 0 atom stereocenters. The molecule has 0 radical (unpaired) electrons. The average molecular weight is 236 g/mol. The number of nitrogens with one attached hydrogen (secondary N) is 2. The zero-order valence-electron chi connectivity index (χ0n) is 10.7. The molecule has 0 saturated carbocycles. The number of aryl methyl sites for hydroxylation is 2. The first-order valence-electron chi connectivity index (χ1n) is 5.94. The van der Waals surface area contributed by atoms with E-state index in [1.165, 1.54) is 0 Å². The summed E-state index contributed by atoms with van der Waals surface area (Å²) in [4.78, 5) is 19.8. The van der Waals surface area contributed by atoms with E-state index in [2.05, 4.69) is 20.6 Å². The second kappa shape index (κ2) is 6.83. The zero-order chi connectivity index (χ0) is 12.7. The number of carbonyl (C=O) groups excluding carboxylic acids is 1. The number of rotatable bonds is 6. The van der Waals surface area contributed by atoms with Gasteiger partial charge in [0, 0.05) is 30.9 Å². The van der Waals surface area contributed by atoms with Crippen LogP contribution in [0, 0.1) is 13.8 Å². The van der Waals surface area contributed by atoms with Crippen LogP contribution in [0.15, 0.2) is 6.07 Å². The molecule has 1 aromatic heterocycles. The Morgan fingerprint density at radius 3 is 2.47 bits per heavy atom. The van der Waals surface area contributed by atoms with Crippen LogP contribution >= 0.6 is 0 Å². The number of amides is 1. The van der Waals surface area contributed by atoms with Crippen molar-refractivity contribution in [1.29, 1.82) is 0 Å². The average Bonchev–Trinajstić information content (AvgIpc) is 2.25. The largest absolute Gasteiger partial charge is 0.356 e. The number of nitrogens with zero attached hydrogens (tertiary/aromatic N) is 2. The molecule has 0 fully saturated rings. The predicted octanol–water partition coefficient (Wildman–Crippen LogP) is 1.42. The summed E-state index contributed by atoms with van der Waals surface area (Å²) in [7, 11) is 0. The fraction of sp³-hybridized carbons (Fsp3) is 0.583. The van der Waals surface area contributed by atoms with E-state index in [0.29, 0.717) is 18.9 Å². The summed E-state index contributed by atoms with van der Waals surface area (Å²) in [5.41, 5.74) is 1.85. The van der Waals surface area contributed by atoms with E-state index in [0.717, 1.165) is 24.4 Å². The monoisotopic (exact) mass is 236 g/mol. The van der Waals surface area contributed by atoms with E-state index in [1.807, 2.05) is 26.8 Å². The van der Waals surface area contributed by atoms with Crippen LogP contribution in [0.5, 0.6) is 0 Å². The molecule has 0 bridgehead atoms. The number of hydrogen-bond acceptors (Lipinski definition) is 4. The molecule has 1 aromatic rings. The lowest BCUT2D eigenvalue weighted by Crippen LogP contribution is -2.26. The molecule has 2 N–H and O–H groups in total. The highest BCUT2D eigenvalue weighted by Crippen LogP contribution is 2.03. The highest BCUT2D eigenvalue weighted by molar-refractivity contribution is 5.76. The maximum Gasteiger partial charge on any atom is 0.223 e. The van der Waals surface area contributed by atoms with Crippen molar-refractivity contribution in [2.24, 2.45) is 0 Å².